The van der Waals surface area contributed by atoms with Crippen LogP contribution in [-0.4, -0.2) is 64.4 Å². The molecule has 0 bridgehead atoms. The summed E-state index contributed by atoms with van der Waals surface area (Å²) in [6, 6.07) is 8.96. The summed E-state index contributed by atoms with van der Waals surface area (Å²) in [5.41, 5.74) is -0.427. The summed E-state index contributed by atoms with van der Waals surface area (Å²) in [6.07, 6.45) is 0.416. The van der Waals surface area contributed by atoms with Crippen LogP contribution in [0, 0.1) is 19.8 Å². The average Bonchev–Trinajstić information content (AvgIpc) is 3.39. The molecule has 4 N–H and O–H groups in total. The van der Waals surface area contributed by atoms with Crippen molar-refractivity contribution in [2.45, 2.75) is 52.1 Å². The normalized spacial score (nSPS) is 18.0. The molecule has 188 valence electrons. The van der Waals surface area contributed by atoms with Gasteiger partial charge in [0.2, 0.25) is 0 Å². The third-order valence-corrected chi connectivity index (χ3v) is 6.50. The fraction of sp³-hybridized carbons (Fsp3) is 0.478. The van der Waals surface area contributed by atoms with E-state index >= 15 is 0 Å². The van der Waals surface area contributed by atoms with E-state index in [2.05, 4.69) is 20.8 Å². The van der Waals surface area contributed by atoms with Gasteiger partial charge in [-0.05, 0) is 38.3 Å². The van der Waals surface area contributed by atoms with E-state index in [9.17, 15) is 19.6 Å². The zero-order valence-corrected chi connectivity index (χ0v) is 21.1. The summed E-state index contributed by atoms with van der Waals surface area (Å²) >= 11 is 1.30. The van der Waals surface area contributed by atoms with Crippen LogP contribution in [0.15, 0.2) is 35.5 Å². The number of carbonyl (C=O) groups is 2. The van der Waals surface area contributed by atoms with Crippen LogP contribution in [0.25, 0.3) is 0 Å². The number of hydrogen-bond acceptors (Lipinski definition) is 9. The first-order valence-electron chi connectivity index (χ1n) is 11.4. The molecule has 2 amide bonds. The highest BCUT2D eigenvalue weighted by molar-refractivity contribution is 7.13. The standard InChI is InChI=1S/C23H31BN4O6S/c1-14(2)10-19(24(31)32)27-22(30)23(13-33-18-8-6-5-7-9-18)11-17(28-34-23)12-25-21(29)20-15(3)26-16(4)35-20/h5-9,14,19,31-32H,10-13H2,1-4H3,(H,25,29)(H,27,30)/t19-,23?/m0/s1. The van der Waals surface area contributed by atoms with Crippen molar-refractivity contribution in [3.63, 3.8) is 0 Å². The number of benzene rings is 1. The molecule has 2 atom stereocenters. The summed E-state index contributed by atoms with van der Waals surface area (Å²) in [5.74, 6) is -1.09. The van der Waals surface area contributed by atoms with Crippen molar-refractivity contribution < 1.29 is 29.2 Å². The van der Waals surface area contributed by atoms with E-state index in [1.165, 1.54) is 11.3 Å². The molecule has 1 aliphatic rings. The van der Waals surface area contributed by atoms with Crippen molar-refractivity contribution in [2.75, 3.05) is 13.2 Å². The minimum atomic E-state index is -1.74. The number of ether oxygens (including phenoxy) is 1. The zero-order valence-electron chi connectivity index (χ0n) is 20.3. The Morgan fingerprint density at radius 1 is 1.26 bits per heavy atom. The number of nitrogens with zero attached hydrogens (tertiary/aromatic N) is 2. The summed E-state index contributed by atoms with van der Waals surface area (Å²) in [6.45, 7) is 7.35. The van der Waals surface area contributed by atoms with Crippen LogP contribution in [0.5, 0.6) is 5.75 Å². The minimum Gasteiger partial charge on any atom is -0.489 e. The summed E-state index contributed by atoms with van der Waals surface area (Å²) in [5, 5.41) is 29.9. The van der Waals surface area contributed by atoms with Crippen molar-refractivity contribution in [1.82, 2.24) is 15.6 Å². The molecule has 1 aromatic heterocycles. The van der Waals surface area contributed by atoms with Gasteiger partial charge in [-0.1, -0.05) is 37.2 Å². The van der Waals surface area contributed by atoms with Crippen LogP contribution in [-0.2, 0) is 9.63 Å². The van der Waals surface area contributed by atoms with Gasteiger partial charge in [0.1, 0.15) is 17.2 Å². The van der Waals surface area contributed by atoms with Gasteiger partial charge in [0.05, 0.1) is 28.9 Å². The fourth-order valence-electron chi connectivity index (χ4n) is 3.69. The Morgan fingerprint density at radius 2 is 1.97 bits per heavy atom. The van der Waals surface area contributed by atoms with Gasteiger partial charge in [-0.3, -0.25) is 9.59 Å². The number of nitrogens with one attached hydrogen (secondary N) is 2. The SMILES string of the molecule is Cc1nc(C)c(C(=O)NCC2=NOC(COc3ccccc3)(C(=O)N[C@@H](CC(C)C)B(O)O)C2)s1. The topological polar surface area (TPSA) is 142 Å². The molecule has 0 spiro atoms. The molecule has 0 radical (unpaired) electrons. The molecule has 2 aromatic rings. The first-order chi connectivity index (χ1) is 16.6. The molecule has 1 unspecified atom stereocenters. The Morgan fingerprint density at radius 3 is 2.57 bits per heavy atom. The van der Waals surface area contributed by atoms with Crippen molar-refractivity contribution >= 4 is 36.0 Å². The van der Waals surface area contributed by atoms with E-state index in [-0.39, 0.29) is 31.4 Å². The second kappa shape index (κ2) is 11.7. The van der Waals surface area contributed by atoms with Gasteiger partial charge in [0, 0.05) is 6.42 Å². The van der Waals surface area contributed by atoms with E-state index in [1.54, 1.807) is 31.2 Å². The van der Waals surface area contributed by atoms with Gasteiger partial charge in [0.15, 0.2) is 0 Å². The van der Waals surface area contributed by atoms with Crippen LogP contribution >= 0.6 is 11.3 Å². The predicted octanol–water partition coefficient (Wildman–Crippen LogP) is 1.63. The number of aromatic nitrogens is 1. The maximum atomic E-state index is 13.3. The Bertz CT molecular complexity index is 1060. The third kappa shape index (κ3) is 7.03. The molecular formula is C23H31BN4O6S. The maximum absolute atomic E-state index is 13.3. The van der Waals surface area contributed by atoms with Crippen LogP contribution in [0.2, 0.25) is 0 Å². The van der Waals surface area contributed by atoms with E-state index in [0.717, 1.165) is 5.01 Å². The molecule has 3 rings (SSSR count). The van der Waals surface area contributed by atoms with E-state index in [1.807, 2.05) is 26.8 Å². The smallest absolute Gasteiger partial charge is 0.475 e. The Labute approximate surface area is 208 Å². The number of carbonyl (C=O) groups excluding carboxylic acids is 2. The fourth-order valence-corrected chi connectivity index (χ4v) is 4.53. The molecule has 1 aliphatic heterocycles. The van der Waals surface area contributed by atoms with Gasteiger partial charge in [-0.2, -0.15) is 0 Å². The summed E-state index contributed by atoms with van der Waals surface area (Å²) in [7, 11) is -1.74. The van der Waals surface area contributed by atoms with E-state index < -0.39 is 24.6 Å². The Balaban J connectivity index is 1.70. The molecule has 0 saturated carbocycles. The minimum absolute atomic E-state index is 0.0581. The van der Waals surface area contributed by atoms with Gasteiger partial charge < -0.3 is 30.3 Å². The molecule has 0 saturated heterocycles. The number of aryl methyl sites for hydroxylation is 2. The second-order valence-electron chi connectivity index (χ2n) is 8.97. The number of amides is 2. The molecule has 2 heterocycles. The Hall–Kier alpha value is -2.96. The van der Waals surface area contributed by atoms with Crippen molar-refractivity contribution in [3.8, 4) is 5.75 Å². The number of thiazole rings is 1. The molecular weight excluding hydrogens is 471 g/mol. The van der Waals surface area contributed by atoms with Gasteiger partial charge in [-0.25, -0.2) is 4.98 Å². The maximum Gasteiger partial charge on any atom is 0.475 e. The molecule has 10 nitrogen and oxygen atoms in total. The number of hydrogen-bond donors (Lipinski definition) is 4. The monoisotopic (exact) mass is 502 g/mol. The number of oxime groups is 1. The number of para-hydroxylation sites is 1. The van der Waals surface area contributed by atoms with Gasteiger partial charge >= 0.3 is 7.12 Å². The van der Waals surface area contributed by atoms with Crippen molar-refractivity contribution in [3.05, 3.63) is 45.9 Å². The first kappa shape index (κ1) is 26.6. The van der Waals surface area contributed by atoms with Crippen molar-refractivity contribution in [1.29, 1.82) is 0 Å². The lowest BCUT2D eigenvalue weighted by atomic mass is 9.74. The van der Waals surface area contributed by atoms with E-state index in [0.29, 0.717) is 28.5 Å². The lowest BCUT2D eigenvalue weighted by Crippen LogP contribution is -2.57. The second-order valence-corrected chi connectivity index (χ2v) is 10.2. The van der Waals surface area contributed by atoms with Gasteiger partial charge in [-0.15, -0.1) is 11.3 Å². The largest absolute Gasteiger partial charge is 0.489 e. The zero-order chi connectivity index (χ0) is 25.6. The molecule has 12 heteroatoms. The number of rotatable bonds is 11. The van der Waals surface area contributed by atoms with Crippen molar-refractivity contribution in [2.24, 2.45) is 11.1 Å². The van der Waals surface area contributed by atoms with Crippen LogP contribution in [0.3, 0.4) is 0 Å². The third-order valence-electron chi connectivity index (χ3n) is 5.43. The molecule has 0 aliphatic carbocycles. The first-order valence-corrected chi connectivity index (χ1v) is 12.2. The van der Waals surface area contributed by atoms with Gasteiger partial charge in [0.25, 0.3) is 17.4 Å². The highest BCUT2D eigenvalue weighted by Gasteiger charge is 2.49. The average molecular weight is 502 g/mol. The van der Waals surface area contributed by atoms with E-state index in [4.69, 9.17) is 9.57 Å². The molecule has 35 heavy (non-hydrogen) atoms. The highest BCUT2D eigenvalue weighted by atomic mass is 32.1. The molecule has 1 aromatic carbocycles. The predicted molar refractivity (Wildman–Crippen MR) is 133 cm³/mol. The quantitative estimate of drug-likeness (QED) is 0.342. The Kier molecular flexibility index (Phi) is 8.87. The summed E-state index contributed by atoms with van der Waals surface area (Å²) < 4.78 is 5.82. The summed E-state index contributed by atoms with van der Waals surface area (Å²) in [4.78, 5) is 36.3. The molecule has 0 fully saturated rings. The lowest BCUT2D eigenvalue weighted by molar-refractivity contribution is -0.148. The van der Waals surface area contributed by atoms with Crippen LogP contribution in [0.1, 0.15) is 47.1 Å². The highest BCUT2D eigenvalue weighted by Crippen LogP contribution is 2.27. The van der Waals surface area contributed by atoms with Crippen LogP contribution < -0.4 is 15.4 Å². The van der Waals surface area contributed by atoms with Crippen LogP contribution in [0.4, 0.5) is 0 Å². The lowest BCUT2D eigenvalue weighted by Gasteiger charge is -2.28.